The minimum absolute atomic E-state index is 0.218. The fraction of sp³-hybridized carbons (Fsp3) is 0.407. The lowest BCUT2D eigenvalue weighted by Gasteiger charge is -2.36. The first kappa shape index (κ1) is 25.3. The van der Waals surface area contributed by atoms with Crippen molar-refractivity contribution in [3.8, 4) is 11.1 Å². The summed E-state index contributed by atoms with van der Waals surface area (Å²) in [5.41, 5.74) is 15.3. The first-order chi connectivity index (χ1) is 16.3. The quantitative estimate of drug-likeness (QED) is 0.491. The summed E-state index contributed by atoms with van der Waals surface area (Å²) in [6.07, 6.45) is 2.62. The van der Waals surface area contributed by atoms with Crippen molar-refractivity contribution in [3.63, 3.8) is 0 Å². The molecule has 1 aliphatic rings. The number of nitrogens with one attached hydrogen (secondary N) is 1. The number of piperidine rings is 1. The highest BCUT2D eigenvalue weighted by Crippen LogP contribution is 2.27. The van der Waals surface area contributed by atoms with Crippen LogP contribution in [0.3, 0.4) is 0 Å². The molecular formula is C27H36N4O3. The van der Waals surface area contributed by atoms with E-state index in [1.807, 2.05) is 43.3 Å². The summed E-state index contributed by atoms with van der Waals surface area (Å²) in [6.45, 7) is 7.81. The highest BCUT2D eigenvalue weighted by molar-refractivity contribution is 5.95. The van der Waals surface area contributed by atoms with E-state index in [1.165, 1.54) is 7.11 Å². The van der Waals surface area contributed by atoms with Crippen LogP contribution in [0.5, 0.6) is 0 Å². The Balaban J connectivity index is 1.66. The zero-order valence-electron chi connectivity index (χ0n) is 20.1. The first-order valence-corrected chi connectivity index (χ1v) is 11.8. The van der Waals surface area contributed by atoms with Gasteiger partial charge in [-0.1, -0.05) is 36.9 Å². The van der Waals surface area contributed by atoms with Gasteiger partial charge in [-0.3, -0.25) is 9.59 Å². The molecule has 2 aromatic carbocycles. The predicted octanol–water partition coefficient (Wildman–Crippen LogP) is 3.25. The number of hydrogen-bond acceptors (Lipinski definition) is 6. The molecule has 34 heavy (non-hydrogen) atoms. The van der Waals surface area contributed by atoms with Crippen LogP contribution in [0.1, 0.15) is 42.1 Å². The number of likely N-dealkylation sites (tertiary alicyclic amines) is 1. The fourth-order valence-electron chi connectivity index (χ4n) is 4.62. The van der Waals surface area contributed by atoms with Crippen molar-refractivity contribution in [2.24, 2.45) is 23.3 Å². The van der Waals surface area contributed by atoms with Gasteiger partial charge < -0.3 is 26.4 Å². The molecule has 0 aromatic heterocycles. The molecule has 7 nitrogen and oxygen atoms in total. The van der Waals surface area contributed by atoms with E-state index in [9.17, 15) is 9.59 Å². The number of rotatable bonds is 9. The molecular weight excluding hydrogens is 428 g/mol. The molecule has 1 aliphatic heterocycles. The highest BCUT2D eigenvalue weighted by Gasteiger charge is 2.32. The number of amides is 1. The third kappa shape index (κ3) is 6.38. The molecule has 0 bridgehead atoms. The van der Waals surface area contributed by atoms with Crippen LogP contribution in [0.15, 0.2) is 60.9 Å². The number of carbonyl (C=O) groups is 2. The second kappa shape index (κ2) is 11.7. The molecule has 0 saturated carbocycles. The molecule has 0 radical (unpaired) electrons. The Morgan fingerprint density at radius 1 is 1.21 bits per heavy atom. The van der Waals surface area contributed by atoms with Gasteiger partial charge in [-0.15, -0.1) is 0 Å². The zero-order valence-corrected chi connectivity index (χ0v) is 20.1. The van der Waals surface area contributed by atoms with Gasteiger partial charge in [-0.25, -0.2) is 0 Å². The van der Waals surface area contributed by atoms with Crippen molar-refractivity contribution in [3.05, 3.63) is 72.1 Å². The van der Waals surface area contributed by atoms with Gasteiger partial charge >= 0.3 is 5.97 Å². The molecule has 5 N–H and O–H groups in total. The molecule has 2 unspecified atom stereocenters. The maximum absolute atomic E-state index is 12.9. The number of ether oxygens (including phenoxy) is 1. The Hall–Kier alpha value is -3.32. The van der Waals surface area contributed by atoms with Gasteiger partial charge in [0, 0.05) is 31.2 Å². The summed E-state index contributed by atoms with van der Waals surface area (Å²) in [6, 6.07) is 15.1. The Kier molecular flexibility index (Phi) is 8.71. The van der Waals surface area contributed by atoms with Crippen LogP contribution in [0.4, 0.5) is 0 Å². The lowest BCUT2D eigenvalue weighted by atomic mass is 9.85. The molecule has 1 heterocycles. The van der Waals surface area contributed by atoms with E-state index in [1.54, 1.807) is 12.1 Å². The second-order valence-corrected chi connectivity index (χ2v) is 9.05. The van der Waals surface area contributed by atoms with Crippen molar-refractivity contribution in [1.29, 1.82) is 0 Å². The molecule has 1 amide bonds. The van der Waals surface area contributed by atoms with Crippen LogP contribution in [0.2, 0.25) is 0 Å². The molecule has 1 fully saturated rings. The maximum atomic E-state index is 12.9. The van der Waals surface area contributed by atoms with Crippen LogP contribution in [-0.2, 0) is 16.1 Å². The lowest BCUT2D eigenvalue weighted by Crippen LogP contribution is -2.44. The smallest absolute Gasteiger partial charge is 0.310 e. The van der Waals surface area contributed by atoms with Gasteiger partial charge in [0.1, 0.15) is 0 Å². The number of nitrogens with two attached hydrogens (primary N) is 2. The van der Waals surface area contributed by atoms with E-state index in [4.69, 9.17) is 16.2 Å². The van der Waals surface area contributed by atoms with E-state index in [0.717, 1.165) is 42.6 Å². The molecule has 3 atom stereocenters. The lowest BCUT2D eigenvalue weighted by molar-refractivity contribution is -0.147. The van der Waals surface area contributed by atoms with Gasteiger partial charge in [0.25, 0.3) is 5.91 Å². The highest BCUT2D eigenvalue weighted by atomic mass is 16.5. The number of carbonyl (C=O) groups excluding carboxylic acids is 2. The first-order valence-electron chi connectivity index (χ1n) is 11.8. The number of methoxy groups -OCH3 is 1. The summed E-state index contributed by atoms with van der Waals surface area (Å²) in [4.78, 5) is 27.6. The Morgan fingerprint density at radius 2 is 1.94 bits per heavy atom. The van der Waals surface area contributed by atoms with Crippen LogP contribution >= 0.6 is 0 Å². The third-order valence-electron chi connectivity index (χ3n) is 6.62. The summed E-state index contributed by atoms with van der Waals surface area (Å²) in [5, 5.41) is 3.00. The Bertz CT molecular complexity index is 1010. The van der Waals surface area contributed by atoms with E-state index >= 15 is 0 Å². The molecule has 182 valence electrons. The SMILES string of the molecule is C=C(N)N1CCCC(CC(C(=O)OC)[C@@H](C)NC(=O)c2ccc(-c3cccc(CN)c3)cc2)C1. The standard InChI is InChI=1S/C27H36N4O3/c1-18(25(27(33)34-3)15-21-7-5-13-31(17-21)19(2)29)30-26(32)23-11-9-22(10-12-23)24-8-4-6-20(14-24)16-28/h4,6,8-12,14,18,21,25H,2,5,7,13,15-17,28-29H2,1,3H3,(H,30,32)/t18-,21?,25?/m1/s1. The topological polar surface area (TPSA) is 111 Å². The normalized spacial score (nSPS) is 17.5. The van der Waals surface area contributed by atoms with E-state index in [2.05, 4.69) is 16.8 Å². The van der Waals surface area contributed by atoms with Crippen LogP contribution in [0, 0.1) is 11.8 Å². The van der Waals surface area contributed by atoms with Crippen LogP contribution in [0.25, 0.3) is 11.1 Å². The average molecular weight is 465 g/mol. The van der Waals surface area contributed by atoms with E-state index < -0.39 is 5.92 Å². The number of esters is 1. The van der Waals surface area contributed by atoms with E-state index in [0.29, 0.717) is 24.4 Å². The average Bonchev–Trinajstić information content (AvgIpc) is 2.87. The van der Waals surface area contributed by atoms with Crippen LogP contribution in [-0.4, -0.2) is 43.0 Å². The van der Waals surface area contributed by atoms with Crippen molar-refractivity contribution in [1.82, 2.24) is 10.2 Å². The summed E-state index contributed by atoms with van der Waals surface area (Å²) in [5.74, 6) is -0.140. The largest absolute Gasteiger partial charge is 0.469 e. The predicted molar refractivity (Wildman–Crippen MR) is 134 cm³/mol. The van der Waals surface area contributed by atoms with Crippen molar-refractivity contribution >= 4 is 11.9 Å². The number of nitrogens with zero attached hydrogens (tertiary/aromatic N) is 1. The summed E-state index contributed by atoms with van der Waals surface area (Å²) < 4.78 is 5.07. The minimum Gasteiger partial charge on any atom is -0.469 e. The molecule has 3 rings (SSSR count). The second-order valence-electron chi connectivity index (χ2n) is 9.05. The molecule has 2 aromatic rings. The maximum Gasteiger partial charge on any atom is 0.310 e. The summed E-state index contributed by atoms with van der Waals surface area (Å²) in [7, 11) is 1.39. The molecule has 0 aliphatic carbocycles. The zero-order chi connectivity index (χ0) is 24.7. The van der Waals surface area contributed by atoms with E-state index in [-0.39, 0.29) is 23.8 Å². The van der Waals surface area contributed by atoms with Gasteiger partial charge in [0.15, 0.2) is 0 Å². The van der Waals surface area contributed by atoms with Gasteiger partial charge in [-0.05, 0) is 67.0 Å². The molecule has 0 spiro atoms. The third-order valence-corrected chi connectivity index (χ3v) is 6.62. The fourth-order valence-corrected chi connectivity index (χ4v) is 4.62. The minimum atomic E-state index is -0.441. The number of hydrogen-bond donors (Lipinski definition) is 3. The van der Waals surface area contributed by atoms with Crippen molar-refractivity contribution in [2.45, 2.75) is 38.8 Å². The summed E-state index contributed by atoms with van der Waals surface area (Å²) >= 11 is 0. The van der Waals surface area contributed by atoms with Gasteiger partial charge in [0.2, 0.25) is 0 Å². The molecule has 1 saturated heterocycles. The van der Waals surface area contributed by atoms with Gasteiger partial charge in [-0.2, -0.15) is 0 Å². The molecule has 7 heteroatoms. The Morgan fingerprint density at radius 3 is 2.59 bits per heavy atom. The van der Waals surface area contributed by atoms with Crippen molar-refractivity contribution < 1.29 is 14.3 Å². The monoisotopic (exact) mass is 464 g/mol. The van der Waals surface area contributed by atoms with Gasteiger partial charge in [0.05, 0.1) is 18.8 Å². The Labute approximate surface area is 202 Å². The number of benzene rings is 2. The van der Waals surface area contributed by atoms with Crippen molar-refractivity contribution in [2.75, 3.05) is 20.2 Å². The van der Waals surface area contributed by atoms with Crippen LogP contribution < -0.4 is 16.8 Å².